The summed E-state index contributed by atoms with van der Waals surface area (Å²) in [5.41, 5.74) is 1.74. The second-order valence-corrected chi connectivity index (χ2v) is 8.82. The molecular formula is C19H14N2O2S3. The van der Waals surface area contributed by atoms with Crippen LogP contribution in [0.15, 0.2) is 57.2 Å². The fraction of sp³-hybridized carbons (Fsp3) is 0.158. The minimum Gasteiger partial charge on any atom is -0.462 e. The molecule has 1 unspecified atom stereocenters. The first-order valence-corrected chi connectivity index (χ1v) is 10.8. The topological polar surface area (TPSA) is 46.3 Å². The second-order valence-electron chi connectivity index (χ2n) is 5.98. The van der Waals surface area contributed by atoms with Crippen LogP contribution in [0.4, 0.5) is 0 Å². The Morgan fingerprint density at radius 2 is 2.12 bits per heavy atom. The third-order valence-corrected chi connectivity index (χ3v) is 7.27. The first-order valence-electron chi connectivity index (χ1n) is 8.21. The monoisotopic (exact) mass is 398 g/mol. The lowest BCUT2D eigenvalue weighted by Gasteiger charge is -2.35. The van der Waals surface area contributed by atoms with Gasteiger partial charge in [0, 0.05) is 21.7 Å². The molecular weight excluding hydrogens is 384 g/mol. The molecule has 0 saturated carbocycles. The SMILES string of the molecule is O=C(c1csc(-c2ccco2)n1)N1CCc2sccc2C1c1cccs1. The summed E-state index contributed by atoms with van der Waals surface area (Å²) in [6.45, 7) is 0.711. The molecule has 130 valence electrons. The summed E-state index contributed by atoms with van der Waals surface area (Å²) < 4.78 is 5.40. The van der Waals surface area contributed by atoms with Crippen LogP contribution >= 0.6 is 34.0 Å². The van der Waals surface area contributed by atoms with E-state index in [0.29, 0.717) is 18.0 Å². The van der Waals surface area contributed by atoms with Crippen molar-refractivity contribution in [2.75, 3.05) is 6.54 Å². The van der Waals surface area contributed by atoms with Gasteiger partial charge in [0.25, 0.3) is 5.91 Å². The lowest BCUT2D eigenvalue weighted by Crippen LogP contribution is -2.39. The van der Waals surface area contributed by atoms with Gasteiger partial charge in [-0.3, -0.25) is 4.79 Å². The van der Waals surface area contributed by atoms with E-state index >= 15 is 0 Å². The Bertz CT molecular complexity index is 1030. The highest BCUT2D eigenvalue weighted by Crippen LogP contribution is 2.40. The van der Waals surface area contributed by atoms with E-state index in [4.69, 9.17) is 4.42 Å². The first-order chi connectivity index (χ1) is 12.8. The van der Waals surface area contributed by atoms with Crippen LogP contribution in [0.25, 0.3) is 10.8 Å². The molecule has 0 spiro atoms. The van der Waals surface area contributed by atoms with E-state index in [2.05, 4.69) is 27.9 Å². The van der Waals surface area contributed by atoms with Gasteiger partial charge in [0.05, 0.1) is 12.3 Å². The predicted octanol–water partition coefficient (Wildman–Crippen LogP) is 5.31. The standard InChI is InChI=1S/C19H14N2O2S3/c22-19(13-11-26-18(20-13)14-3-1-8-23-14)21-7-5-15-12(6-10-25-15)17(21)16-4-2-9-24-16/h1-4,6,8-11,17H,5,7H2. The fourth-order valence-electron chi connectivity index (χ4n) is 3.32. The third-order valence-electron chi connectivity index (χ3n) is 4.49. The number of aromatic nitrogens is 1. The van der Waals surface area contributed by atoms with E-state index in [1.807, 2.05) is 28.5 Å². The van der Waals surface area contributed by atoms with Crippen molar-refractivity contribution in [3.63, 3.8) is 0 Å². The highest BCUT2D eigenvalue weighted by Gasteiger charge is 2.34. The Morgan fingerprint density at radius 3 is 2.92 bits per heavy atom. The summed E-state index contributed by atoms with van der Waals surface area (Å²) in [7, 11) is 0. The minimum atomic E-state index is -0.0220. The molecule has 4 nitrogen and oxygen atoms in total. The summed E-state index contributed by atoms with van der Waals surface area (Å²) in [4.78, 5) is 22.3. The average Bonchev–Trinajstić information content (AvgIpc) is 3.47. The van der Waals surface area contributed by atoms with Gasteiger partial charge in [-0.25, -0.2) is 4.98 Å². The molecule has 1 aliphatic heterocycles. The summed E-state index contributed by atoms with van der Waals surface area (Å²) >= 11 is 4.91. The molecule has 1 atom stereocenters. The highest BCUT2D eigenvalue weighted by molar-refractivity contribution is 7.13. The lowest BCUT2D eigenvalue weighted by molar-refractivity contribution is 0.0693. The van der Waals surface area contributed by atoms with Gasteiger partial charge in [-0.2, -0.15) is 0 Å². The molecule has 0 fully saturated rings. The average molecular weight is 399 g/mol. The molecule has 4 aromatic rings. The van der Waals surface area contributed by atoms with Gasteiger partial charge in [-0.1, -0.05) is 6.07 Å². The Hall–Kier alpha value is -2.22. The van der Waals surface area contributed by atoms with Crippen LogP contribution in [0.3, 0.4) is 0 Å². The molecule has 0 saturated heterocycles. The van der Waals surface area contributed by atoms with Crippen LogP contribution in [0.1, 0.15) is 31.8 Å². The second kappa shape index (κ2) is 6.50. The Kier molecular flexibility index (Phi) is 4.00. The zero-order valence-corrected chi connectivity index (χ0v) is 16.1. The zero-order chi connectivity index (χ0) is 17.5. The normalized spacial score (nSPS) is 16.6. The van der Waals surface area contributed by atoms with Crippen molar-refractivity contribution in [2.24, 2.45) is 0 Å². The van der Waals surface area contributed by atoms with Crippen molar-refractivity contribution >= 4 is 39.9 Å². The highest BCUT2D eigenvalue weighted by atomic mass is 32.1. The summed E-state index contributed by atoms with van der Waals surface area (Å²) in [5.74, 6) is 0.678. The number of carbonyl (C=O) groups is 1. The molecule has 0 aliphatic carbocycles. The van der Waals surface area contributed by atoms with Crippen LogP contribution in [-0.4, -0.2) is 22.3 Å². The first kappa shape index (κ1) is 16.0. The van der Waals surface area contributed by atoms with E-state index in [1.54, 1.807) is 28.9 Å². The molecule has 0 radical (unpaired) electrons. The number of hydrogen-bond acceptors (Lipinski definition) is 6. The smallest absolute Gasteiger partial charge is 0.274 e. The molecule has 26 heavy (non-hydrogen) atoms. The van der Waals surface area contributed by atoms with Crippen LogP contribution in [0, 0.1) is 0 Å². The number of nitrogens with zero attached hydrogens (tertiary/aromatic N) is 2. The van der Waals surface area contributed by atoms with Crippen LogP contribution in [0.2, 0.25) is 0 Å². The number of rotatable bonds is 3. The molecule has 0 bridgehead atoms. The fourth-order valence-corrected chi connectivity index (χ4v) is 5.84. The van der Waals surface area contributed by atoms with Gasteiger partial charge in [-0.15, -0.1) is 34.0 Å². The number of thiophene rings is 2. The van der Waals surface area contributed by atoms with Gasteiger partial charge in [0.15, 0.2) is 10.8 Å². The minimum absolute atomic E-state index is 0.0192. The quantitative estimate of drug-likeness (QED) is 0.470. The number of fused-ring (bicyclic) bond motifs is 1. The van der Waals surface area contributed by atoms with Gasteiger partial charge < -0.3 is 9.32 Å². The number of amides is 1. The van der Waals surface area contributed by atoms with Gasteiger partial charge in [-0.05, 0) is 47.0 Å². The van der Waals surface area contributed by atoms with Crippen molar-refractivity contribution in [1.29, 1.82) is 0 Å². The van der Waals surface area contributed by atoms with Gasteiger partial charge >= 0.3 is 0 Å². The molecule has 0 N–H and O–H groups in total. The van der Waals surface area contributed by atoms with E-state index in [0.717, 1.165) is 11.4 Å². The molecule has 0 aromatic carbocycles. The van der Waals surface area contributed by atoms with Gasteiger partial charge in [0.2, 0.25) is 0 Å². The number of carbonyl (C=O) groups excluding carboxylic acids is 1. The molecule has 5 rings (SSSR count). The van der Waals surface area contributed by atoms with Crippen molar-refractivity contribution in [3.8, 4) is 10.8 Å². The van der Waals surface area contributed by atoms with Crippen LogP contribution < -0.4 is 0 Å². The van der Waals surface area contributed by atoms with Gasteiger partial charge in [0.1, 0.15) is 5.69 Å². The Labute approximate surface area is 162 Å². The molecule has 5 heterocycles. The summed E-state index contributed by atoms with van der Waals surface area (Å²) in [6.07, 6.45) is 2.52. The molecule has 1 amide bonds. The largest absolute Gasteiger partial charge is 0.462 e. The molecule has 7 heteroatoms. The predicted molar refractivity (Wildman–Crippen MR) is 105 cm³/mol. The van der Waals surface area contributed by atoms with Crippen molar-refractivity contribution in [3.05, 3.63) is 73.7 Å². The van der Waals surface area contributed by atoms with Crippen molar-refractivity contribution in [1.82, 2.24) is 9.88 Å². The number of hydrogen-bond donors (Lipinski definition) is 0. The van der Waals surface area contributed by atoms with Crippen molar-refractivity contribution in [2.45, 2.75) is 12.5 Å². The third kappa shape index (κ3) is 2.63. The van der Waals surface area contributed by atoms with Crippen LogP contribution in [0.5, 0.6) is 0 Å². The van der Waals surface area contributed by atoms with Crippen molar-refractivity contribution < 1.29 is 9.21 Å². The maximum atomic E-state index is 13.3. The molecule has 4 aromatic heterocycles. The van der Waals surface area contributed by atoms with E-state index in [-0.39, 0.29) is 11.9 Å². The van der Waals surface area contributed by atoms with E-state index < -0.39 is 0 Å². The van der Waals surface area contributed by atoms with E-state index in [1.165, 1.54) is 26.7 Å². The summed E-state index contributed by atoms with van der Waals surface area (Å²) in [6, 6.07) is 9.97. The lowest BCUT2D eigenvalue weighted by atomic mass is 9.98. The number of furan rings is 1. The number of thiazole rings is 1. The Balaban J connectivity index is 1.51. The van der Waals surface area contributed by atoms with Crippen LogP contribution in [-0.2, 0) is 6.42 Å². The zero-order valence-electron chi connectivity index (χ0n) is 13.6. The van der Waals surface area contributed by atoms with E-state index in [9.17, 15) is 4.79 Å². The molecule has 1 aliphatic rings. The maximum Gasteiger partial charge on any atom is 0.274 e. The summed E-state index contributed by atoms with van der Waals surface area (Å²) in [5, 5.41) is 6.75. The Morgan fingerprint density at radius 1 is 1.15 bits per heavy atom. The maximum absolute atomic E-state index is 13.3.